The van der Waals surface area contributed by atoms with Crippen LogP contribution < -0.4 is 0 Å². The minimum absolute atomic E-state index is 0.181. The molecular formula is C57H40N2. The molecule has 1 heterocycles. The maximum absolute atomic E-state index is 5.46. The monoisotopic (exact) mass is 752 g/mol. The largest absolute Gasteiger partial charge is 0.228 e. The Morgan fingerprint density at radius 1 is 0.322 bits per heavy atom. The molecule has 0 spiro atoms. The Morgan fingerprint density at radius 3 is 1.58 bits per heavy atom. The molecule has 1 aromatic heterocycles. The van der Waals surface area contributed by atoms with Gasteiger partial charge in [0.05, 0.1) is 11.4 Å². The zero-order valence-corrected chi connectivity index (χ0v) is 33.0. The van der Waals surface area contributed by atoms with Crippen LogP contribution in [0.1, 0.15) is 25.0 Å². The second-order valence-corrected chi connectivity index (χ2v) is 16.1. The quantitative estimate of drug-likeness (QED) is 0.169. The lowest BCUT2D eigenvalue weighted by molar-refractivity contribution is 0.663. The molecule has 11 rings (SSSR count). The van der Waals surface area contributed by atoms with Gasteiger partial charge >= 0.3 is 0 Å². The van der Waals surface area contributed by atoms with E-state index in [9.17, 15) is 0 Å². The third-order valence-corrected chi connectivity index (χ3v) is 12.3. The molecule has 0 aliphatic heterocycles. The topological polar surface area (TPSA) is 25.8 Å². The molecule has 0 saturated carbocycles. The fourth-order valence-corrected chi connectivity index (χ4v) is 9.42. The smallest absolute Gasteiger partial charge is 0.161 e. The summed E-state index contributed by atoms with van der Waals surface area (Å²) < 4.78 is 0. The summed E-state index contributed by atoms with van der Waals surface area (Å²) in [6, 6.07) is 74.2. The van der Waals surface area contributed by atoms with Crippen molar-refractivity contribution in [2.75, 3.05) is 0 Å². The van der Waals surface area contributed by atoms with Gasteiger partial charge in [0.2, 0.25) is 0 Å². The number of nitrogens with zero attached hydrogens (tertiary/aromatic N) is 2. The van der Waals surface area contributed by atoms with E-state index in [0.29, 0.717) is 5.82 Å². The highest BCUT2D eigenvalue weighted by Gasteiger charge is 2.38. The predicted molar refractivity (Wildman–Crippen MR) is 247 cm³/mol. The van der Waals surface area contributed by atoms with Crippen molar-refractivity contribution in [2.24, 2.45) is 0 Å². The Bertz CT molecular complexity index is 3220. The van der Waals surface area contributed by atoms with Gasteiger partial charge in [-0.2, -0.15) is 0 Å². The van der Waals surface area contributed by atoms with Gasteiger partial charge in [-0.25, -0.2) is 9.97 Å². The molecule has 59 heavy (non-hydrogen) atoms. The first-order chi connectivity index (χ1) is 29.0. The van der Waals surface area contributed by atoms with Crippen LogP contribution in [0.15, 0.2) is 206 Å². The number of rotatable bonds is 6. The molecule has 0 unspecified atom stereocenters. The second kappa shape index (κ2) is 13.9. The maximum atomic E-state index is 5.46. The minimum atomic E-state index is -0.181. The second-order valence-electron chi connectivity index (χ2n) is 16.1. The summed E-state index contributed by atoms with van der Waals surface area (Å²) in [5.41, 5.74) is 17.2. The summed E-state index contributed by atoms with van der Waals surface area (Å²) in [6.07, 6.45) is 0. The lowest BCUT2D eigenvalue weighted by Crippen LogP contribution is -2.16. The molecule has 1 aliphatic rings. The van der Waals surface area contributed by atoms with Crippen LogP contribution in [0, 0.1) is 0 Å². The molecule has 278 valence electrons. The van der Waals surface area contributed by atoms with Crippen LogP contribution in [0.3, 0.4) is 0 Å². The van der Waals surface area contributed by atoms with Crippen LogP contribution in [0.2, 0.25) is 0 Å². The van der Waals surface area contributed by atoms with Gasteiger partial charge in [0, 0.05) is 22.1 Å². The highest BCUT2D eigenvalue weighted by atomic mass is 14.9. The molecule has 0 saturated heterocycles. The molecule has 0 radical (unpaired) electrons. The van der Waals surface area contributed by atoms with E-state index in [1.807, 2.05) is 0 Å². The van der Waals surface area contributed by atoms with E-state index in [4.69, 9.17) is 9.97 Å². The standard InChI is InChI=1S/C57H40N2/c1-57(2)52-35-41-24-13-12-23-40(41)34-51(52)48-28-16-27-47(55(48)57)45-31-32-49(44-26-15-14-25-43(44)45)56-58-53(39-21-10-5-11-22-39)36-54(59-56)46-30-29-42(37-17-6-3-7-18-37)33-50(46)38-19-8-4-9-20-38/h3-36H,1-2H3. The zero-order valence-electron chi connectivity index (χ0n) is 33.0. The molecule has 0 bridgehead atoms. The first-order valence-electron chi connectivity index (χ1n) is 20.4. The minimum Gasteiger partial charge on any atom is -0.228 e. The van der Waals surface area contributed by atoms with Crippen molar-refractivity contribution in [2.45, 2.75) is 19.3 Å². The van der Waals surface area contributed by atoms with Crippen molar-refractivity contribution >= 4 is 21.5 Å². The van der Waals surface area contributed by atoms with E-state index < -0.39 is 0 Å². The summed E-state index contributed by atoms with van der Waals surface area (Å²) in [5.74, 6) is 0.702. The van der Waals surface area contributed by atoms with E-state index in [2.05, 4.69) is 220 Å². The van der Waals surface area contributed by atoms with Gasteiger partial charge in [0.15, 0.2) is 5.82 Å². The lowest BCUT2D eigenvalue weighted by atomic mass is 9.78. The molecule has 10 aromatic rings. The van der Waals surface area contributed by atoms with E-state index in [1.165, 1.54) is 60.7 Å². The van der Waals surface area contributed by atoms with E-state index in [-0.39, 0.29) is 5.41 Å². The number of fused-ring (bicyclic) bond motifs is 5. The Kier molecular flexibility index (Phi) is 8.20. The predicted octanol–water partition coefficient (Wildman–Crippen LogP) is 15.1. The summed E-state index contributed by atoms with van der Waals surface area (Å²) in [5, 5.41) is 4.86. The first-order valence-corrected chi connectivity index (χ1v) is 20.4. The van der Waals surface area contributed by atoms with Crippen LogP contribution >= 0.6 is 0 Å². The van der Waals surface area contributed by atoms with E-state index in [1.54, 1.807) is 0 Å². The molecular weight excluding hydrogens is 713 g/mol. The molecule has 1 aliphatic carbocycles. The summed E-state index contributed by atoms with van der Waals surface area (Å²) in [4.78, 5) is 10.8. The summed E-state index contributed by atoms with van der Waals surface area (Å²) in [6.45, 7) is 4.76. The molecule has 2 heteroatoms. The van der Waals surface area contributed by atoms with Crippen LogP contribution in [0.5, 0.6) is 0 Å². The van der Waals surface area contributed by atoms with Crippen LogP contribution in [0.4, 0.5) is 0 Å². The number of hydrogen-bond acceptors (Lipinski definition) is 2. The van der Waals surface area contributed by atoms with Crippen LogP contribution in [-0.4, -0.2) is 9.97 Å². The fraction of sp³-hybridized carbons (Fsp3) is 0.0526. The highest BCUT2D eigenvalue weighted by Crippen LogP contribution is 2.54. The summed E-state index contributed by atoms with van der Waals surface area (Å²) in [7, 11) is 0. The average molecular weight is 753 g/mol. The molecule has 0 atom stereocenters. The van der Waals surface area contributed by atoms with Crippen LogP contribution in [0.25, 0.3) is 100.0 Å². The lowest BCUT2D eigenvalue weighted by Gasteiger charge is -2.25. The number of aromatic nitrogens is 2. The number of benzene rings is 9. The molecule has 9 aromatic carbocycles. The van der Waals surface area contributed by atoms with Crippen LogP contribution in [-0.2, 0) is 5.41 Å². The van der Waals surface area contributed by atoms with E-state index in [0.717, 1.165) is 44.6 Å². The van der Waals surface area contributed by atoms with Crippen molar-refractivity contribution in [1.82, 2.24) is 9.97 Å². The molecule has 0 fully saturated rings. The van der Waals surface area contributed by atoms with Crippen molar-refractivity contribution in [1.29, 1.82) is 0 Å². The van der Waals surface area contributed by atoms with Gasteiger partial charge in [0.25, 0.3) is 0 Å². The Morgan fingerprint density at radius 2 is 0.864 bits per heavy atom. The van der Waals surface area contributed by atoms with Gasteiger partial charge in [-0.15, -0.1) is 0 Å². The van der Waals surface area contributed by atoms with Crippen molar-refractivity contribution in [3.8, 4) is 78.4 Å². The third-order valence-electron chi connectivity index (χ3n) is 12.3. The van der Waals surface area contributed by atoms with Gasteiger partial charge in [-0.1, -0.05) is 190 Å². The van der Waals surface area contributed by atoms with Gasteiger partial charge in [-0.05, 0) is 108 Å². The van der Waals surface area contributed by atoms with E-state index >= 15 is 0 Å². The average Bonchev–Trinajstić information content (AvgIpc) is 3.53. The summed E-state index contributed by atoms with van der Waals surface area (Å²) >= 11 is 0. The molecule has 2 nitrogen and oxygen atoms in total. The number of hydrogen-bond donors (Lipinski definition) is 0. The molecule has 0 N–H and O–H groups in total. The fourth-order valence-electron chi connectivity index (χ4n) is 9.42. The SMILES string of the molecule is CC1(C)c2cc3ccccc3cc2-c2cccc(-c3ccc(-c4nc(-c5ccccc5)cc(-c5ccc(-c6ccccc6)cc5-c5ccccc5)n4)c4ccccc34)c21. The Labute approximate surface area is 345 Å². The zero-order chi connectivity index (χ0) is 39.5. The van der Waals surface area contributed by atoms with Gasteiger partial charge < -0.3 is 0 Å². The Hall–Kier alpha value is -7.42. The van der Waals surface area contributed by atoms with Gasteiger partial charge in [-0.3, -0.25) is 0 Å². The van der Waals surface area contributed by atoms with Crippen molar-refractivity contribution < 1.29 is 0 Å². The normalized spacial score (nSPS) is 12.7. The van der Waals surface area contributed by atoms with Gasteiger partial charge in [0.1, 0.15) is 0 Å². The Balaban J connectivity index is 1.11. The highest BCUT2D eigenvalue weighted by molar-refractivity contribution is 6.06. The molecule has 0 amide bonds. The third kappa shape index (κ3) is 5.87. The van der Waals surface area contributed by atoms with Crippen molar-refractivity contribution in [3.63, 3.8) is 0 Å². The first kappa shape index (κ1) is 34.8. The van der Waals surface area contributed by atoms with Crippen molar-refractivity contribution in [3.05, 3.63) is 217 Å². The maximum Gasteiger partial charge on any atom is 0.161 e.